The zero-order valence-corrected chi connectivity index (χ0v) is 16.9. The Balaban J connectivity index is 1.57. The van der Waals surface area contributed by atoms with Crippen molar-refractivity contribution < 1.29 is 28.3 Å². The van der Waals surface area contributed by atoms with E-state index in [4.69, 9.17) is 18.7 Å². The van der Waals surface area contributed by atoms with Crippen molar-refractivity contribution in [2.75, 3.05) is 13.7 Å². The molecule has 8 nitrogen and oxygen atoms in total. The second-order valence-electron chi connectivity index (χ2n) is 7.08. The van der Waals surface area contributed by atoms with Crippen LogP contribution in [-0.4, -0.2) is 36.8 Å². The van der Waals surface area contributed by atoms with Crippen LogP contribution in [0, 0.1) is 13.8 Å². The van der Waals surface area contributed by atoms with E-state index in [2.05, 4.69) is 10.5 Å². The number of benzene rings is 1. The van der Waals surface area contributed by atoms with Crippen LogP contribution in [0.25, 0.3) is 0 Å². The highest BCUT2D eigenvalue weighted by molar-refractivity contribution is 5.92. The van der Waals surface area contributed by atoms with Gasteiger partial charge in [-0.2, -0.15) is 0 Å². The number of rotatable bonds is 8. The molecule has 0 unspecified atom stereocenters. The Morgan fingerprint density at radius 3 is 2.62 bits per heavy atom. The Morgan fingerprint density at radius 2 is 1.97 bits per heavy atom. The summed E-state index contributed by atoms with van der Waals surface area (Å²) in [5.74, 6) is 0.681. The van der Waals surface area contributed by atoms with E-state index in [1.165, 1.54) is 13.2 Å². The van der Waals surface area contributed by atoms with Crippen molar-refractivity contribution in [1.29, 1.82) is 0 Å². The molecule has 1 aromatic heterocycles. The average Bonchev–Trinajstić information content (AvgIpc) is 3.34. The molecule has 0 spiro atoms. The van der Waals surface area contributed by atoms with Crippen LogP contribution in [0.3, 0.4) is 0 Å². The fraction of sp³-hybridized carbons (Fsp3) is 0.476. The molecule has 156 valence electrons. The molecule has 1 fully saturated rings. The topological polar surface area (TPSA) is 99.9 Å². The van der Waals surface area contributed by atoms with E-state index in [0.717, 1.165) is 36.9 Å². The van der Waals surface area contributed by atoms with Gasteiger partial charge in [0.1, 0.15) is 12.4 Å². The number of hydrogen-bond acceptors (Lipinski definition) is 7. The molecule has 1 aliphatic rings. The molecule has 0 aliphatic heterocycles. The van der Waals surface area contributed by atoms with E-state index < -0.39 is 5.97 Å². The van der Waals surface area contributed by atoms with Gasteiger partial charge < -0.3 is 24.1 Å². The van der Waals surface area contributed by atoms with Gasteiger partial charge >= 0.3 is 5.97 Å². The number of methoxy groups -OCH3 is 1. The van der Waals surface area contributed by atoms with Crippen LogP contribution in [0.15, 0.2) is 22.7 Å². The highest BCUT2D eigenvalue weighted by Gasteiger charge is 2.19. The van der Waals surface area contributed by atoms with Crippen LogP contribution in [0.2, 0.25) is 0 Å². The predicted octanol–water partition coefficient (Wildman–Crippen LogP) is 3.09. The third-order valence-electron chi connectivity index (χ3n) is 5.01. The summed E-state index contributed by atoms with van der Waals surface area (Å²) in [5, 5.41) is 6.78. The molecular formula is C21H26N2O6. The van der Waals surface area contributed by atoms with Gasteiger partial charge in [-0.05, 0) is 44.9 Å². The molecule has 1 heterocycles. The van der Waals surface area contributed by atoms with Crippen LogP contribution in [0.4, 0.5) is 0 Å². The number of nitrogens with one attached hydrogen (secondary N) is 1. The molecule has 1 saturated carbocycles. The second-order valence-corrected chi connectivity index (χ2v) is 7.08. The SMILES string of the molecule is COc1cc(C(=O)OCC(=O)NC2CCCC2)ccc1OCc1c(C)noc1C. The number of carbonyl (C=O) groups is 2. The molecule has 2 aromatic rings. The third kappa shape index (κ3) is 5.28. The number of ether oxygens (including phenoxy) is 3. The van der Waals surface area contributed by atoms with Crippen molar-refractivity contribution in [3.63, 3.8) is 0 Å². The predicted molar refractivity (Wildman–Crippen MR) is 104 cm³/mol. The number of esters is 1. The standard InChI is InChI=1S/C21H26N2O6/c1-13-17(14(2)29-23-13)11-27-18-9-8-15(10-19(18)26-3)21(25)28-12-20(24)22-16-6-4-5-7-16/h8-10,16H,4-7,11-12H2,1-3H3,(H,22,24). The highest BCUT2D eigenvalue weighted by Crippen LogP contribution is 2.29. The van der Waals surface area contributed by atoms with Gasteiger partial charge in [-0.15, -0.1) is 0 Å². The maximum Gasteiger partial charge on any atom is 0.338 e. The largest absolute Gasteiger partial charge is 0.493 e. The lowest BCUT2D eigenvalue weighted by molar-refractivity contribution is -0.124. The minimum absolute atomic E-state index is 0.190. The third-order valence-corrected chi connectivity index (χ3v) is 5.01. The summed E-state index contributed by atoms with van der Waals surface area (Å²) in [6, 6.07) is 4.92. The number of aromatic nitrogens is 1. The van der Waals surface area contributed by atoms with Crippen molar-refractivity contribution in [3.05, 3.63) is 40.8 Å². The summed E-state index contributed by atoms with van der Waals surface area (Å²) >= 11 is 0. The number of nitrogens with zero attached hydrogens (tertiary/aromatic N) is 1. The molecule has 8 heteroatoms. The van der Waals surface area contributed by atoms with Gasteiger partial charge in [0.05, 0.1) is 23.9 Å². The minimum Gasteiger partial charge on any atom is -0.493 e. The number of amides is 1. The number of hydrogen-bond donors (Lipinski definition) is 1. The fourth-order valence-corrected chi connectivity index (χ4v) is 3.33. The van der Waals surface area contributed by atoms with E-state index in [1.807, 2.05) is 13.8 Å². The molecule has 0 atom stereocenters. The zero-order valence-electron chi connectivity index (χ0n) is 16.9. The van der Waals surface area contributed by atoms with E-state index in [1.54, 1.807) is 12.1 Å². The lowest BCUT2D eigenvalue weighted by Gasteiger charge is -2.13. The number of carbonyl (C=O) groups excluding carboxylic acids is 2. The van der Waals surface area contributed by atoms with E-state index in [0.29, 0.717) is 17.3 Å². The van der Waals surface area contributed by atoms with Gasteiger partial charge in [-0.3, -0.25) is 4.79 Å². The van der Waals surface area contributed by atoms with E-state index in [-0.39, 0.29) is 30.7 Å². The van der Waals surface area contributed by atoms with Crippen molar-refractivity contribution >= 4 is 11.9 Å². The first-order valence-electron chi connectivity index (χ1n) is 9.67. The van der Waals surface area contributed by atoms with Crippen LogP contribution in [0.1, 0.15) is 53.1 Å². The monoisotopic (exact) mass is 402 g/mol. The Kier molecular flexibility index (Phi) is 6.74. The van der Waals surface area contributed by atoms with Crippen molar-refractivity contribution in [2.45, 2.75) is 52.2 Å². The first kappa shape index (κ1) is 20.7. The van der Waals surface area contributed by atoms with E-state index in [9.17, 15) is 9.59 Å². The summed E-state index contributed by atoms with van der Waals surface area (Å²) in [4.78, 5) is 24.2. The van der Waals surface area contributed by atoms with Crippen molar-refractivity contribution in [2.24, 2.45) is 0 Å². The Hall–Kier alpha value is -3.03. The molecule has 0 bridgehead atoms. The summed E-state index contributed by atoms with van der Waals surface area (Å²) < 4.78 is 21.4. The first-order valence-corrected chi connectivity index (χ1v) is 9.67. The maximum absolute atomic E-state index is 12.3. The normalized spacial score (nSPS) is 13.9. The molecule has 1 N–H and O–H groups in total. The summed E-state index contributed by atoms with van der Waals surface area (Å²) in [6.45, 7) is 3.62. The Morgan fingerprint density at radius 1 is 1.21 bits per heavy atom. The summed E-state index contributed by atoms with van der Waals surface area (Å²) in [5.41, 5.74) is 1.90. The van der Waals surface area contributed by atoms with Crippen molar-refractivity contribution in [1.82, 2.24) is 10.5 Å². The highest BCUT2D eigenvalue weighted by atomic mass is 16.5. The zero-order chi connectivity index (χ0) is 20.8. The fourth-order valence-electron chi connectivity index (χ4n) is 3.33. The number of aryl methyl sites for hydroxylation is 2. The molecule has 3 rings (SSSR count). The second kappa shape index (κ2) is 9.45. The first-order chi connectivity index (χ1) is 14.0. The lowest BCUT2D eigenvalue weighted by atomic mass is 10.2. The molecular weight excluding hydrogens is 376 g/mol. The van der Waals surface area contributed by atoms with Crippen molar-refractivity contribution in [3.8, 4) is 11.5 Å². The molecule has 0 radical (unpaired) electrons. The molecule has 1 aliphatic carbocycles. The summed E-state index contributed by atoms with van der Waals surface area (Å²) in [6.07, 6.45) is 4.20. The quantitative estimate of drug-likeness (QED) is 0.677. The van der Waals surface area contributed by atoms with Gasteiger partial charge in [0, 0.05) is 6.04 Å². The summed E-state index contributed by atoms with van der Waals surface area (Å²) in [7, 11) is 1.49. The average molecular weight is 402 g/mol. The van der Waals surface area contributed by atoms with Crippen LogP contribution in [-0.2, 0) is 16.1 Å². The molecule has 0 saturated heterocycles. The Bertz CT molecular complexity index is 851. The smallest absolute Gasteiger partial charge is 0.338 e. The molecule has 29 heavy (non-hydrogen) atoms. The van der Waals surface area contributed by atoms with Gasteiger partial charge in [-0.25, -0.2) is 4.79 Å². The molecule has 1 amide bonds. The minimum atomic E-state index is -0.595. The maximum atomic E-state index is 12.3. The molecule has 1 aromatic carbocycles. The van der Waals surface area contributed by atoms with Crippen LogP contribution >= 0.6 is 0 Å². The van der Waals surface area contributed by atoms with Gasteiger partial charge in [0.25, 0.3) is 5.91 Å². The van der Waals surface area contributed by atoms with Crippen LogP contribution in [0.5, 0.6) is 11.5 Å². The van der Waals surface area contributed by atoms with E-state index >= 15 is 0 Å². The van der Waals surface area contributed by atoms with Gasteiger partial charge in [-0.1, -0.05) is 18.0 Å². The lowest BCUT2D eigenvalue weighted by Crippen LogP contribution is -2.35. The van der Waals surface area contributed by atoms with Gasteiger partial charge in [0.2, 0.25) is 0 Å². The van der Waals surface area contributed by atoms with Gasteiger partial charge in [0.15, 0.2) is 18.1 Å². The van der Waals surface area contributed by atoms with Crippen LogP contribution < -0.4 is 14.8 Å². The Labute approximate surface area is 169 Å².